The average molecular weight is 474 g/mol. The van der Waals surface area contributed by atoms with Gasteiger partial charge in [0.2, 0.25) is 16.5 Å². The SMILES string of the molecule is O=S(=O)(CCCl)CCN(CCS(=O)(=O)CCCl)c1nc(Cl)nc(Cl)n1. The molecule has 0 spiro atoms. The standard InChI is InChI=1S/C11H16Cl4N4O4S2/c12-1-5-24(20,21)7-3-19(4-8-25(22,23)6-2-13)11-17-9(14)16-10(15)18-11/h1-8H2. The Morgan fingerprint density at radius 2 is 1.12 bits per heavy atom. The van der Waals surface area contributed by atoms with Crippen molar-refractivity contribution in [2.45, 2.75) is 0 Å². The summed E-state index contributed by atoms with van der Waals surface area (Å²) in [7, 11) is -6.80. The smallest absolute Gasteiger partial charge is 0.231 e. The normalized spacial score (nSPS) is 12.3. The third-order valence-corrected chi connectivity index (χ3v) is 7.40. The van der Waals surface area contributed by atoms with Crippen LogP contribution in [0.4, 0.5) is 5.95 Å². The maximum absolute atomic E-state index is 11.9. The van der Waals surface area contributed by atoms with E-state index in [0.717, 1.165) is 0 Å². The van der Waals surface area contributed by atoms with E-state index in [1.807, 2.05) is 0 Å². The van der Waals surface area contributed by atoms with Crippen LogP contribution in [0.2, 0.25) is 10.6 Å². The molecular weight excluding hydrogens is 458 g/mol. The highest BCUT2D eigenvalue weighted by molar-refractivity contribution is 7.91. The van der Waals surface area contributed by atoms with Gasteiger partial charge in [0.25, 0.3) is 0 Å². The van der Waals surface area contributed by atoms with E-state index in [1.54, 1.807) is 0 Å². The fourth-order valence-electron chi connectivity index (χ4n) is 1.71. The molecule has 0 unspecified atom stereocenters. The van der Waals surface area contributed by atoms with E-state index < -0.39 is 19.7 Å². The van der Waals surface area contributed by atoms with E-state index in [9.17, 15) is 16.8 Å². The van der Waals surface area contributed by atoms with Crippen LogP contribution in [-0.2, 0) is 19.7 Å². The Balaban J connectivity index is 2.97. The highest BCUT2D eigenvalue weighted by Crippen LogP contribution is 2.14. The number of hydrogen-bond donors (Lipinski definition) is 0. The topological polar surface area (TPSA) is 110 Å². The first kappa shape index (κ1) is 22.9. The number of anilines is 1. The molecule has 0 aliphatic rings. The molecule has 0 saturated carbocycles. The number of halogens is 4. The fraction of sp³-hybridized carbons (Fsp3) is 0.727. The number of alkyl halides is 2. The molecule has 0 aromatic carbocycles. The van der Waals surface area contributed by atoms with E-state index in [0.29, 0.717) is 0 Å². The summed E-state index contributed by atoms with van der Waals surface area (Å²) in [5.41, 5.74) is 0. The maximum atomic E-state index is 11.9. The second-order valence-electron chi connectivity index (χ2n) is 4.84. The minimum Gasteiger partial charge on any atom is -0.339 e. The Morgan fingerprint density at radius 3 is 1.48 bits per heavy atom. The third-order valence-electron chi connectivity index (χ3n) is 2.97. The summed E-state index contributed by atoms with van der Waals surface area (Å²) in [6, 6.07) is 0. The molecule has 0 radical (unpaired) electrons. The molecule has 0 saturated heterocycles. The van der Waals surface area contributed by atoms with Crippen molar-refractivity contribution in [3.8, 4) is 0 Å². The van der Waals surface area contributed by atoms with Crippen LogP contribution in [0.5, 0.6) is 0 Å². The van der Waals surface area contributed by atoms with E-state index in [1.165, 1.54) is 4.90 Å². The van der Waals surface area contributed by atoms with Crippen LogP contribution in [0.1, 0.15) is 0 Å². The minimum atomic E-state index is -3.40. The van der Waals surface area contributed by atoms with Crippen LogP contribution in [0.25, 0.3) is 0 Å². The zero-order valence-corrected chi connectivity index (χ0v) is 17.6. The predicted molar refractivity (Wildman–Crippen MR) is 101 cm³/mol. The van der Waals surface area contributed by atoms with Gasteiger partial charge in [-0.3, -0.25) is 0 Å². The lowest BCUT2D eigenvalue weighted by Crippen LogP contribution is -2.36. The zero-order valence-electron chi connectivity index (χ0n) is 12.9. The Labute approximate surface area is 166 Å². The largest absolute Gasteiger partial charge is 0.339 e. The summed E-state index contributed by atoms with van der Waals surface area (Å²) in [5.74, 6) is -0.956. The summed E-state index contributed by atoms with van der Waals surface area (Å²) >= 11 is 22.4. The predicted octanol–water partition coefficient (Wildman–Crippen LogP) is 1.29. The van der Waals surface area contributed by atoms with Crippen molar-refractivity contribution in [3.63, 3.8) is 0 Å². The van der Waals surface area contributed by atoms with Gasteiger partial charge in [-0.15, -0.1) is 23.2 Å². The summed E-state index contributed by atoms with van der Waals surface area (Å²) in [6.07, 6.45) is 0. The van der Waals surface area contributed by atoms with Crippen molar-refractivity contribution in [3.05, 3.63) is 10.6 Å². The highest BCUT2D eigenvalue weighted by Gasteiger charge is 2.20. The van der Waals surface area contributed by atoms with Gasteiger partial charge in [-0.1, -0.05) is 0 Å². The molecule has 0 atom stereocenters. The molecule has 1 aromatic rings. The Morgan fingerprint density at radius 1 is 0.720 bits per heavy atom. The van der Waals surface area contributed by atoms with Gasteiger partial charge in [0.05, 0.1) is 23.0 Å². The molecule has 1 aromatic heterocycles. The molecule has 0 fully saturated rings. The third kappa shape index (κ3) is 8.87. The lowest BCUT2D eigenvalue weighted by molar-refractivity contribution is 0.594. The van der Waals surface area contributed by atoms with Gasteiger partial charge in [0.15, 0.2) is 19.7 Å². The van der Waals surface area contributed by atoms with Gasteiger partial charge in [0.1, 0.15) is 0 Å². The lowest BCUT2D eigenvalue weighted by Gasteiger charge is -2.22. The van der Waals surface area contributed by atoms with Crippen LogP contribution in [0.15, 0.2) is 0 Å². The van der Waals surface area contributed by atoms with Crippen molar-refractivity contribution in [1.29, 1.82) is 0 Å². The molecule has 8 nitrogen and oxygen atoms in total. The molecule has 0 amide bonds. The fourth-order valence-corrected chi connectivity index (χ4v) is 5.35. The van der Waals surface area contributed by atoms with Crippen molar-refractivity contribution in [1.82, 2.24) is 15.0 Å². The summed E-state index contributed by atoms with van der Waals surface area (Å²) in [6.45, 7) is -0.0986. The highest BCUT2D eigenvalue weighted by atomic mass is 35.5. The van der Waals surface area contributed by atoms with Gasteiger partial charge >= 0.3 is 0 Å². The quantitative estimate of drug-likeness (QED) is 0.442. The first-order valence-corrected chi connectivity index (χ1v) is 12.4. The number of hydrogen-bond acceptors (Lipinski definition) is 8. The monoisotopic (exact) mass is 472 g/mol. The van der Waals surface area contributed by atoms with E-state index in [2.05, 4.69) is 15.0 Å². The number of nitrogens with zero attached hydrogens (tertiary/aromatic N) is 4. The molecule has 14 heteroatoms. The number of sulfone groups is 2. The molecule has 1 rings (SSSR count). The lowest BCUT2D eigenvalue weighted by atomic mass is 10.5. The second-order valence-corrected chi connectivity index (χ2v) is 10.9. The first-order chi connectivity index (χ1) is 11.6. The Bertz CT molecular complexity index is 716. The minimum absolute atomic E-state index is 0.00727. The molecule has 0 N–H and O–H groups in total. The van der Waals surface area contributed by atoms with Crippen LogP contribution in [0.3, 0.4) is 0 Å². The molecule has 144 valence electrons. The Kier molecular flexibility index (Phi) is 9.41. The van der Waals surface area contributed by atoms with Crippen LogP contribution < -0.4 is 4.90 Å². The van der Waals surface area contributed by atoms with Gasteiger partial charge in [0, 0.05) is 24.8 Å². The van der Waals surface area contributed by atoms with Crippen LogP contribution in [-0.4, -0.2) is 79.6 Å². The molecule has 0 aliphatic heterocycles. The zero-order chi connectivity index (χ0) is 19.1. The average Bonchev–Trinajstić information content (AvgIpc) is 2.45. The molecular formula is C11H16Cl4N4O4S2. The van der Waals surface area contributed by atoms with E-state index in [-0.39, 0.29) is 64.4 Å². The van der Waals surface area contributed by atoms with Crippen LogP contribution >= 0.6 is 46.4 Å². The van der Waals surface area contributed by atoms with Crippen molar-refractivity contribution in [2.75, 3.05) is 52.8 Å². The van der Waals surface area contributed by atoms with Gasteiger partial charge in [-0.2, -0.15) is 15.0 Å². The second kappa shape index (κ2) is 10.3. The molecule has 0 aliphatic carbocycles. The summed E-state index contributed by atoms with van der Waals surface area (Å²) in [4.78, 5) is 12.7. The maximum Gasteiger partial charge on any atom is 0.231 e. The number of rotatable bonds is 11. The van der Waals surface area contributed by atoms with Gasteiger partial charge < -0.3 is 4.90 Å². The van der Waals surface area contributed by atoms with Crippen molar-refractivity contribution in [2.24, 2.45) is 0 Å². The van der Waals surface area contributed by atoms with Crippen molar-refractivity contribution >= 4 is 72.0 Å². The number of aromatic nitrogens is 3. The summed E-state index contributed by atoms with van der Waals surface area (Å²) < 4.78 is 47.4. The summed E-state index contributed by atoms with van der Waals surface area (Å²) in [5, 5.41) is -0.375. The van der Waals surface area contributed by atoms with Gasteiger partial charge in [-0.25, -0.2) is 16.8 Å². The van der Waals surface area contributed by atoms with Crippen LogP contribution in [0, 0.1) is 0 Å². The first-order valence-electron chi connectivity index (χ1n) is 6.93. The van der Waals surface area contributed by atoms with Gasteiger partial charge in [-0.05, 0) is 23.2 Å². The molecule has 0 bridgehead atoms. The molecule has 25 heavy (non-hydrogen) atoms. The van der Waals surface area contributed by atoms with Crippen molar-refractivity contribution < 1.29 is 16.8 Å². The van der Waals surface area contributed by atoms with E-state index in [4.69, 9.17) is 46.4 Å². The molecule has 1 heterocycles. The van der Waals surface area contributed by atoms with E-state index >= 15 is 0 Å². The Hall–Kier alpha value is -0.130.